The summed E-state index contributed by atoms with van der Waals surface area (Å²) in [6, 6.07) is 0. The molecule has 35 heavy (non-hydrogen) atoms. The number of esters is 2. The summed E-state index contributed by atoms with van der Waals surface area (Å²) >= 11 is 0. The topological polar surface area (TPSA) is 52.6 Å². The fourth-order valence-electron chi connectivity index (χ4n) is 3.47. The zero-order chi connectivity index (χ0) is 26.4. The quantitative estimate of drug-likeness (QED) is 0.0540. The predicted molar refractivity (Wildman–Crippen MR) is 122 cm³/mol. The standard InChI is InChI=1S/C26H37F5O4/c1-4-5-6-7-8-9-10-11-12-13-14-15-16-34-24(32)26(2,3)25(33)35-17-18-19(27)21(29)23(31)22(30)20(18)28/h4-17H2,1-3H3. The van der Waals surface area contributed by atoms with Gasteiger partial charge in [-0.1, -0.05) is 77.6 Å². The fraction of sp³-hybridized carbons (Fsp3) is 0.692. The lowest BCUT2D eigenvalue weighted by atomic mass is 9.94. The van der Waals surface area contributed by atoms with E-state index < -0.39 is 58.6 Å². The van der Waals surface area contributed by atoms with Crippen molar-refractivity contribution < 1.29 is 41.0 Å². The van der Waals surface area contributed by atoms with Crippen LogP contribution in [0.2, 0.25) is 0 Å². The highest BCUT2D eigenvalue weighted by Gasteiger charge is 2.40. The van der Waals surface area contributed by atoms with Gasteiger partial charge in [-0.15, -0.1) is 0 Å². The summed E-state index contributed by atoms with van der Waals surface area (Å²) in [5.41, 5.74) is -3.11. The van der Waals surface area contributed by atoms with E-state index in [9.17, 15) is 31.5 Å². The molecule has 0 saturated heterocycles. The Kier molecular flexibility index (Phi) is 13.9. The lowest BCUT2D eigenvalue weighted by Crippen LogP contribution is -2.36. The van der Waals surface area contributed by atoms with Gasteiger partial charge in [0.25, 0.3) is 0 Å². The highest BCUT2D eigenvalue weighted by molar-refractivity contribution is 5.99. The zero-order valence-electron chi connectivity index (χ0n) is 20.9. The number of carbonyl (C=O) groups excluding carboxylic acids is 2. The van der Waals surface area contributed by atoms with Crippen LogP contribution in [0.5, 0.6) is 0 Å². The van der Waals surface area contributed by atoms with Gasteiger partial charge in [0.1, 0.15) is 6.61 Å². The zero-order valence-corrected chi connectivity index (χ0v) is 20.9. The number of hydrogen-bond donors (Lipinski definition) is 0. The number of ether oxygens (including phenoxy) is 2. The Morgan fingerprint density at radius 1 is 0.600 bits per heavy atom. The lowest BCUT2D eigenvalue weighted by molar-refractivity contribution is -0.170. The van der Waals surface area contributed by atoms with Gasteiger partial charge in [0.15, 0.2) is 28.7 Å². The van der Waals surface area contributed by atoms with E-state index in [0.29, 0.717) is 6.42 Å². The van der Waals surface area contributed by atoms with E-state index in [1.165, 1.54) is 65.2 Å². The maximum atomic E-state index is 13.7. The van der Waals surface area contributed by atoms with Gasteiger partial charge >= 0.3 is 11.9 Å². The molecule has 0 bridgehead atoms. The summed E-state index contributed by atoms with van der Waals surface area (Å²) in [6.45, 7) is 3.47. The van der Waals surface area contributed by atoms with E-state index in [1.54, 1.807) is 0 Å². The normalized spacial score (nSPS) is 11.5. The van der Waals surface area contributed by atoms with Crippen LogP contribution in [0.1, 0.15) is 103 Å². The minimum absolute atomic E-state index is 0.102. The second-order valence-electron chi connectivity index (χ2n) is 9.27. The molecular weight excluding hydrogens is 471 g/mol. The average Bonchev–Trinajstić information content (AvgIpc) is 2.83. The first-order valence-electron chi connectivity index (χ1n) is 12.4. The third-order valence-corrected chi connectivity index (χ3v) is 5.90. The molecule has 0 aliphatic heterocycles. The van der Waals surface area contributed by atoms with Crippen LogP contribution in [-0.2, 0) is 25.7 Å². The van der Waals surface area contributed by atoms with Crippen molar-refractivity contribution in [3.63, 3.8) is 0 Å². The van der Waals surface area contributed by atoms with E-state index in [2.05, 4.69) is 11.7 Å². The third-order valence-electron chi connectivity index (χ3n) is 5.90. The molecule has 9 heteroatoms. The highest BCUT2D eigenvalue weighted by atomic mass is 19.2. The van der Waals surface area contributed by atoms with E-state index in [0.717, 1.165) is 19.3 Å². The van der Waals surface area contributed by atoms with Gasteiger partial charge in [-0.2, -0.15) is 0 Å². The van der Waals surface area contributed by atoms with Crippen molar-refractivity contribution in [1.82, 2.24) is 0 Å². The van der Waals surface area contributed by atoms with Crippen molar-refractivity contribution in [2.24, 2.45) is 5.41 Å². The van der Waals surface area contributed by atoms with Crippen molar-refractivity contribution in [1.29, 1.82) is 0 Å². The van der Waals surface area contributed by atoms with Crippen LogP contribution in [0.15, 0.2) is 0 Å². The van der Waals surface area contributed by atoms with Crippen molar-refractivity contribution in [2.75, 3.05) is 6.61 Å². The number of halogens is 5. The average molecular weight is 509 g/mol. The predicted octanol–water partition coefficient (Wildman–Crippen LogP) is 7.70. The van der Waals surface area contributed by atoms with Crippen LogP contribution in [0.4, 0.5) is 22.0 Å². The first-order valence-corrected chi connectivity index (χ1v) is 12.4. The molecule has 0 radical (unpaired) electrons. The van der Waals surface area contributed by atoms with Crippen LogP contribution >= 0.6 is 0 Å². The van der Waals surface area contributed by atoms with Gasteiger partial charge < -0.3 is 9.47 Å². The molecule has 0 heterocycles. The molecule has 0 N–H and O–H groups in total. The first-order chi connectivity index (χ1) is 16.6. The molecule has 0 spiro atoms. The molecule has 4 nitrogen and oxygen atoms in total. The second kappa shape index (κ2) is 15.7. The Balaban J connectivity index is 2.30. The van der Waals surface area contributed by atoms with Crippen LogP contribution in [0.25, 0.3) is 0 Å². The molecule has 0 aromatic heterocycles. The van der Waals surface area contributed by atoms with Crippen molar-refractivity contribution in [2.45, 2.75) is 104 Å². The molecule has 0 saturated carbocycles. The van der Waals surface area contributed by atoms with Gasteiger partial charge in [0.05, 0.1) is 12.2 Å². The summed E-state index contributed by atoms with van der Waals surface area (Å²) in [5.74, 6) is -12.9. The van der Waals surface area contributed by atoms with Gasteiger partial charge in [0.2, 0.25) is 5.82 Å². The summed E-state index contributed by atoms with van der Waals surface area (Å²) in [7, 11) is 0. The van der Waals surface area contributed by atoms with Gasteiger partial charge in [-0.25, -0.2) is 22.0 Å². The number of benzene rings is 1. The van der Waals surface area contributed by atoms with Crippen molar-refractivity contribution >= 4 is 11.9 Å². The van der Waals surface area contributed by atoms with E-state index in [4.69, 9.17) is 4.74 Å². The SMILES string of the molecule is CCCCCCCCCCCCCCOC(=O)C(C)(C)C(=O)OCc1c(F)c(F)c(F)c(F)c1F. The van der Waals surface area contributed by atoms with Crippen LogP contribution in [0, 0.1) is 34.5 Å². The Morgan fingerprint density at radius 3 is 1.43 bits per heavy atom. The molecule has 0 atom stereocenters. The monoisotopic (exact) mass is 508 g/mol. The molecule has 0 fully saturated rings. The number of rotatable bonds is 17. The smallest absolute Gasteiger partial charge is 0.323 e. The van der Waals surface area contributed by atoms with Gasteiger partial charge in [-0.3, -0.25) is 9.59 Å². The maximum Gasteiger partial charge on any atom is 0.323 e. The van der Waals surface area contributed by atoms with Crippen LogP contribution in [-0.4, -0.2) is 18.5 Å². The molecular formula is C26H37F5O4. The molecule has 0 unspecified atom stereocenters. The molecule has 0 amide bonds. The fourth-order valence-corrected chi connectivity index (χ4v) is 3.47. The number of unbranched alkanes of at least 4 members (excludes halogenated alkanes) is 11. The maximum absolute atomic E-state index is 13.7. The molecule has 0 aliphatic rings. The summed E-state index contributed by atoms with van der Waals surface area (Å²) in [4.78, 5) is 24.5. The summed E-state index contributed by atoms with van der Waals surface area (Å²) < 4.78 is 76.9. The lowest BCUT2D eigenvalue weighted by Gasteiger charge is -2.21. The Labute approximate surface area is 204 Å². The third kappa shape index (κ3) is 9.76. The molecule has 200 valence electrons. The minimum Gasteiger partial charge on any atom is -0.465 e. The largest absolute Gasteiger partial charge is 0.465 e. The van der Waals surface area contributed by atoms with Gasteiger partial charge in [-0.05, 0) is 20.3 Å². The minimum atomic E-state index is -2.31. The second-order valence-corrected chi connectivity index (χ2v) is 9.27. The Bertz CT molecular complexity index is 797. The van der Waals surface area contributed by atoms with E-state index in [-0.39, 0.29) is 6.61 Å². The van der Waals surface area contributed by atoms with Crippen LogP contribution < -0.4 is 0 Å². The van der Waals surface area contributed by atoms with E-state index >= 15 is 0 Å². The number of carbonyl (C=O) groups is 2. The summed E-state index contributed by atoms with van der Waals surface area (Å²) in [5, 5.41) is 0. The Hall–Kier alpha value is -2.19. The molecule has 1 aromatic rings. The van der Waals surface area contributed by atoms with Crippen molar-refractivity contribution in [3.8, 4) is 0 Å². The molecule has 1 aromatic carbocycles. The number of hydrogen-bond acceptors (Lipinski definition) is 4. The molecule has 1 rings (SSSR count). The first kappa shape index (κ1) is 30.8. The Morgan fingerprint density at radius 2 is 0.971 bits per heavy atom. The summed E-state index contributed by atoms with van der Waals surface area (Å²) in [6.07, 6.45) is 13.7. The van der Waals surface area contributed by atoms with E-state index in [1.807, 2.05) is 0 Å². The van der Waals surface area contributed by atoms with Crippen molar-refractivity contribution in [3.05, 3.63) is 34.6 Å². The van der Waals surface area contributed by atoms with Gasteiger partial charge in [0, 0.05) is 0 Å². The highest BCUT2D eigenvalue weighted by Crippen LogP contribution is 2.26. The molecule has 0 aliphatic carbocycles. The van der Waals surface area contributed by atoms with Crippen LogP contribution in [0.3, 0.4) is 0 Å².